The first-order chi connectivity index (χ1) is 9.71. The number of aromatic nitrogens is 1. The van der Waals surface area contributed by atoms with Crippen LogP contribution in [0.1, 0.15) is 41.7 Å². The molecule has 1 aromatic heterocycles. The van der Waals surface area contributed by atoms with Crippen molar-refractivity contribution in [2.75, 3.05) is 6.61 Å². The van der Waals surface area contributed by atoms with Crippen LogP contribution in [0.3, 0.4) is 0 Å². The summed E-state index contributed by atoms with van der Waals surface area (Å²) >= 11 is 0. The van der Waals surface area contributed by atoms with Crippen LogP contribution in [0.4, 0.5) is 13.2 Å². The number of hydrogen-bond donors (Lipinski definition) is 2. The average Bonchev–Trinajstić information content (AvgIpc) is 2.82. The summed E-state index contributed by atoms with van der Waals surface area (Å²) in [5.41, 5.74) is 9.26. The third-order valence-electron chi connectivity index (χ3n) is 3.51. The van der Waals surface area contributed by atoms with Crippen molar-refractivity contribution in [2.24, 2.45) is 11.5 Å². The highest BCUT2D eigenvalue weighted by molar-refractivity contribution is 5.95. The van der Waals surface area contributed by atoms with Gasteiger partial charge in [0.1, 0.15) is 17.9 Å². The molecule has 0 saturated heterocycles. The summed E-state index contributed by atoms with van der Waals surface area (Å²) in [7, 11) is 0. The summed E-state index contributed by atoms with van der Waals surface area (Å²) in [6.45, 7) is 0.00158. The zero-order valence-electron chi connectivity index (χ0n) is 11.2. The Balaban J connectivity index is 2.24. The third kappa shape index (κ3) is 3.63. The first-order valence-electron chi connectivity index (χ1n) is 6.51. The highest BCUT2D eigenvalue weighted by Crippen LogP contribution is 2.31. The normalized spacial score (nSPS) is 17.7. The molecule has 0 radical (unpaired) electrons. The fourth-order valence-corrected chi connectivity index (χ4v) is 2.33. The highest BCUT2D eigenvalue weighted by Gasteiger charge is 2.35. The first-order valence-corrected chi connectivity index (χ1v) is 6.51. The maximum absolute atomic E-state index is 12.7. The van der Waals surface area contributed by atoms with Crippen LogP contribution in [0.2, 0.25) is 0 Å². The smallest absolute Gasteiger partial charge is 0.433 e. The molecule has 1 aliphatic rings. The van der Waals surface area contributed by atoms with E-state index in [4.69, 9.17) is 16.2 Å². The van der Waals surface area contributed by atoms with Gasteiger partial charge in [-0.3, -0.25) is 4.79 Å². The molecule has 2 rings (SSSR count). The summed E-state index contributed by atoms with van der Waals surface area (Å²) in [5, 5.41) is 0. The number of carbonyl (C=O) groups is 1. The number of halogens is 3. The lowest BCUT2D eigenvalue weighted by atomic mass is 10.0. The molecule has 0 bridgehead atoms. The average molecular weight is 303 g/mol. The molecule has 4 N–H and O–H groups in total. The molecule has 0 aliphatic heterocycles. The summed E-state index contributed by atoms with van der Waals surface area (Å²) in [6.07, 6.45) is -1.30. The van der Waals surface area contributed by atoms with Gasteiger partial charge in [0, 0.05) is 0 Å². The van der Waals surface area contributed by atoms with Crippen LogP contribution in [-0.4, -0.2) is 23.0 Å². The van der Waals surface area contributed by atoms with Crippen molar-refractivity contribution < 1.29 is 22.7 Å². The molecule has 21 heavy (non-hydrogen) atoms. The Morgan fingerprint density at radius 3 is 2.48 bits per heavy atom. The van der Waals surface area contributed by atoms with E-state index >= 15 is 0 Å². The maximum Gasteiger partial charge on any atom is 0.433 e. The predicted octanol–water partition coefficient (Wildman–Crippen LogP) is 1.85. The summed E-state index contributed by atoms with van der Waals surface area (Å²) < 4.78 is 43.3. The topological polar surface area (TPSA) is 91.2 Å². The van der Waals surface area contributed by atoms with Gasteiger partial charge in [0.25, 0.3) is 5.91 Å². The van der Waals surface area contributed by atoms with Gasteiger partial charge in [0.2, 0.25) is 5.88 Å². The number of rotatable bonds is 4. The van der Waals surface area contributed by atoms with E-state index in [-0.39, 0.29) is 12.2 Å². The number of amides is 1. The monoisotopic (exact) mass is 303 g/mol. The number of nitrogens with zero attached hydrogens (tertiary/aromatic N) is 1. The Morgan fingerprint density at radius 1 is 1.33 bits per heavy atom. The number of ether oxygens (including phenoxy) is 1. The maximum atomic E-state index is 12.7. The van der Waals surface area contributed by atoms with Crippen molar-refractivity contribution in [3.05, 3.63) is 23.4 Å². The van der Waals surface area contributed by atoms with Crippen molar-refractivity contribution >= 4 is 5.91 Å². The molecule has 0 spiro atoms. The standard InChI is InChI=1S/C13H16F3N3O2/c14-13(15,16)9-4-3-8(10(17)20)11(19-9)21-7-12(18)5-1-2-6-12/h3-4H,1-2,5-7,18H2,(H2,17,20). The molecule has 116 valence electrons. The molecular formula is C13H16F3N3O2. The zero-order valence-corrected chi connectivity index (χ0v) is 11.2. The van der Waals surface area contributed by atoms with Gasteiger partial charge in [-0.05, 0) is 25.0 Å². The molecule has 1 saturated carbocycles. The van der Waals surface area contributed by atoms with Gasteiger partial charge < -0.3 is 16.2 Å². The number of nitrogens with two attached hydrogens (primary N) is 2. The molecule has 1 aromatic rings. The van der Waals surface area contributed by atoms with E-state index < -0.39 is 29.2 Å². The molecule has 0 atom stereocenters. The number of carbonyl (C=O) groups excluding carboxylic acids is 1. The van der Waals surface area contributed by atoms with Crippen molar-refractivity contribution in [3.63, 3.8) is 0 Å². The summed E-state index contributed by atoms with van der Waals surface area (Å²) in [6, 6.07) is 1.66. The van der Waals surface area contributed by atoms with Crippen LogP contribution < -0.4 is 16.2 Å². The van der Waals surface area contributed by atoms with Crippen LogP contribution in [0, 0.1) is 0 Å². The van der Waals surface area contributed by atoms with E-state index in [0.717, 1.165) is 31.7 Å². The minimum atomic E-state index is -4.62. The van der Waals surface area contributed by atoms with Crippen molar-refractivity contribution in [3.8, 4) is 5.88 Å². The van der Waals surface area contributed by atoms with E-state index in [1.54, 1.807) is 0 Å². The molecule has 0 aromatic carbocycles. The Hall–Kier alpha value is -1.83. The van der Waals surface area contributed by atoms with Gasteiger partial charge in [0.15, 0.2) is 0 Å². The van der Waals surface area contributed by atoms with Crippen molar-refractivity contribution in [1.29, 1.82) is 0 Å². The molecule has 1 fully saturated rings. The first kappa shape index (κ1) is 15.6. The van der Waals surface area contributed by atoms with Crippen LogP contribution in [0.15, 0.2) is 12.1 Å². The second-order valence-corrected chi connectivity index (χ2v) is 5.27. The van der Waals surface area contributed by atoms with E-state index in [9.17, 15) is 18.0 Å². The Labute approximate surface area is 119 Å². The number of alkyl halides is 3. The Morgan fingerprint density at radius 2 is 1.95 bits per heavy atom. The number of pyridine rings is 1. The Bertz CT molecular complexity index is 540. The van der Waals surface area contributed by atoms with E-state index in [1.165, 1.54) is 0 Å². The van der Waals surface area contributed by atoms with Crippen LogP contribution in [0.5, 0.6) is 5.88 Å². The minimum absolute atomic E-state index is 0.00158. The van der Waals surface area contributed by atoms with E-state index in [0.29, 0.717) is 6.07 Å². The fraction of sp³-hybridized carbons (Fsp3) is 0.538. The molecule has 0 unspecified atom stereocenters. The minimum Gasteiger partial charge on any atom is -0.475 e. The van der Waals surface area contributed by atoms with E-state index in [2.05, 4.69) is 4.98 Å². The number of primary amides is 1. The quantitative estimate of drug-likeness (QED) is 0.888. The number of hydrogen-bond acceptors (Lipinski definition) is 4. The second-order valence-electron chi connectivity index (χ2n) is 5.27. The van der Waals surface area contributed by atoms with Crippen LogP contribution in [0.25, 0.3) is 0 Å². The van der Waals surface area contributed by atoms with Crippen LogP contribution in [-0.2, 0) is 6.18 Å². The SMILES string of the molecule is NC(=O)c1ccc(C(F)(F)F)nc1OCC1(N)CCCC1. The van der Waals surface area contributed by atoms with Gasteiger partial charge in [0.05, 0.1) is 5.54 Å². The van der Waals surface area contributed by atoms with Gasteiger partial charge in [-0.2, -0.15) is 13.2 Å². The lowest BCUT2D eigenvalue weighted by molar-refractivity contribution is -0.141. The molecule has 8 heteroatoms. The lowest BCUT2D eigenvalue weighted by Gasteiger charge is -2.23. The predicted molar refractivity (Wildman–Crippen MR) is 68.6 cm³/mol. The summed E-state index contributed by atoms with van der Waals surface area (Å²) in [5.74, 6) is -1.32. The molecule has 1 aliphatic carbocycles. The van der Waals surface area contributed by atoms with Gasteiger partial charge in [-0.15, -0.1) is 0 Å². The van der Waals surface area contributed by atoms with Crippen molar-refractivity contribution in [1.82, 2.24) is 4.98 Å². The second kappa shape index (κ2) is 5.51. The van der Waals surface area contributed by atoms with Gasteiger partial charge in [-0.25, -0.2) is 4.98 Å². The fourth-order valence-electron chi connectivity index (χ4n) is 2.33. The van der Waals surface area contributed by atoms with Gasteiger partial charge >= 0.3 is 6.18 Å². The highest BCUT2D eigenvalue weighted by atomic mass is 19.4. The molecule has 1 heterocycles. The lowest BCUT2D eigenvalue weighted by Crippen LogP contribution is -2.43. The third-order valence-corrected chi connectivity index (χ3v) is 3.51. The Kier molecular flexibility index (Phi) is 4.08. The van der Waals surface area contributed by atoms with Gasteiger partial charge in [-0.1, -0.05) is 12.8 Å². The largest absolute Gasteiger partial charge is 0.475 e. The summed E-state index contributed by atoms with van der Waals surface area (Å²) in [4.78, 5) is 14.6. The molecule has 1 amide bonds. The van der Waals surface area contributed by atoms with E-state index in [1.807, 2.05) is 0 Å². The molecule has 5 nitrogen and oxygen atoms in total. The van der Waals surface area contributed by atoms with Crippen molar-refractivity contribution in [2.45, 2.75) is 37.4 Å². The van der Waals surface area contributed by atoms with Crippen LogP contribution >= 0.6 is 0 Å². The molecular weight excluding hydrogens is 287 g/mol. The zero-order chi connectivity index (χ0) is 15.7.